The molecule has 0 unspecified atom stereocenters. The number of halogens is 2. The molecule has 0 heterocycles. The maximum atomic E-state index is 13.6. The average molecular weight is 269 g/mol. The molecule has 0 amide bonds. The minimum absolute atomic E-state index is 0.272. The summed E-state index contributed by atoms with van der Waals surface area (Å²) in [6, 6.07) is 3.23. The van der Waals surface area contributed by atoms with Crippen molar-refractivity contribution in [2.45, 2.75) is 18.3 Å². The lowest BCUT2D eigenvalue weighted by atomic mass is 9.96. The predicted octanol–water partition coefficient (Wildman–Crippen LogP) is 3.26. The molecule has 15 heavy (non-hydrogen) atoms. The van der Waals surface area contributed by atoms with Crippen LogP contribution in [0.1, 0.15) is 18.4 Å². The van der Waals surface area contributed by atoms with Gasteiger partial charge in [0.2, 0.25) is 0 Å². The second-order valence-electron chi connectivity index (χ2n) is 3.69. The first-order valence-corrected chi connectivity index (χ1v) is 5.43. The fourth-order valence-electron chi connectivity index (χ4n) is 1.74. The largest absolute Gasteiger partial charge is 0.493 e. The first-order valence-electron chi connectivity index (χ1n) is 4.64. The Kier molecular flexibility index (Phi) is 2.47. The number of rotatable bonds is 2. The van der Waals surface area contributed by atoms with Crippen LogP contribution in [0.25, 0.3) is 0 Å². The fraction of sp³-hybridized carbons (Fsp3) is 0.333. The Hall–Kier alpha value is -1.01. The third-order valence-electron chi connectivity index (χ3n) is 2.75. The molecular weight excluding hydrogens is 259 g/mol. The quantitative estimate of drug-likeness (QED) is 0.749. The number of hydrogen-bond donors (Lipinski definition) is 0. The fourth-order valence-corrected chi connectivity index (χ4v) is 2.17. The van der Waals surface area contributed by atoms with Crippen LogP contribution in [0.5, 0.6) is 5.75 Å². The summed E-state index contributed by atoms with van der Waals surface area (Å²) in [4.78, 5) is 0. The van der Waals surface area contributed by atoms with Gasteiger partial charge in [-0.1, -0.05) is 21.9 Å². The molecule has 1 aromatic rings. The molecule has 1 saturated carbocycles. The summed E-state index contributed by atoms with van der Waals surface area (Å²) in [7, 11) is 1.46. The van der Waals surface area contributed by atoms with E-state index < -0.39 is 0 Å². The van der Waals surface area contributed by atoms with Gasteiger partial charge in [0, 0.05) is 10.0 Å². The molecular formula is C12H10BrFO. The van der Waals surface area contributed by atoms with E-state index in [-0.39, 0.29) is 17.0 Å². The van der Waals surface area contributed by atoms with Crippen LogP contribution in [-0.4, -0.2) is 7.11 Å². The van der Waals surface area contributed by atoms with Gasteiger partial charge in [-0.25, -0.2) is 4.39 Å². The summed E-state index contributed by atoms with van der Waals surface area (Å²) >= 11 is 3.26. The van der Waals surface area contributed by atoms with Gasteiger partial charge in [-0.15, -0.1) is 6.42 Å². The molecule has 0 N–H and O–H groups in total. The Morgan fingerprint density at radius 2 is 2.20 bits per heavy atom. The smallest absolute Gasteiger partial charge is 0.166 e. The van der Waals surface area contributed by atoms with Crippen molar-refractivity contribution < 1.29 is 9.13 Å². The molecule has 1 nitrogen and oxygen atoms in total. The van der Waals surface area contributed by atoms with Crippen molar-refractivity contribution in [3.8, 4) is 18.1 Å². The number of hydrogen-bond acceptors (Lipinski definition) is 1. The second-order valence-corrected chi connectivity index (χ2v) is 4.61. The van der Waals surface area contributed by atoms with Gasteiger partial charge in [0.1, 0.15) is 0 Å². The summed E-state index contributed by atoms with van der Waals surface area (Å²) in [5, 5.41) is 0. The highest BCUT2D eigenvalue weighted by Gasteiger charge is 2.45. The van der Waals surface area contributed by atoms with Crippen molar-refractivity contribution in [1.29, 1.82) is 0 Å². The van der Waals surface area contributed by atoms with E-state index in [0.29, 0.717) is 4.47 Å². The van der Waals surface area contributed by atoms with Crippen molar-refractivity contribution in [2.24, 2.45) is 0 Å². The van der Waals surface area contributed by atoms with Crippen molar-refractivity contribution in [3.63, 3.8) is 0 Å². The van der Waals surface area contributed by atoms with Crippen molar-refractivity contribution in [3.05, 3.63) is 28.0 Å². The molecule has 0 aromatic heterocycles. The van der Waals surface area contributed by atoms with Crippen LogP contribution in [0.2, 0.25) is 0 Å². The van der Waals surface area contributed by atoms with Gasteiger partial charge in [-0.05, 0) is 25.0 Å². The molecule has 0 spiro atoms. The van der Waals surface area contributed by atoms with E-state index in [2.05, 4.69) is 21.9 Å². The summed E-state index contributed by atoms with van der Waals surface area (Å²) < 4.78 is 19.3. The zero-order valence-corrected chi connectivity index (χ0v) is 9.90. The molecule has 1 aliphatic carbocycles. The maximum Gasteiger partial charge on any atom is 0.166 e. The number of terminal acetylenes is 1. The monoisotopic (exact) mass is 268 g/mol. The Balaban J connectivity index is 2.60. The zero-order chi connectivity index (χ0) is 11.1. The predicted molar refractivity (Wildman–Crippen MR) is 60.4 cm³/mol. The van der Waals surface area contributed by atoms with Crippen LogP contribution in [-0.2, 0) is 5.41 Å². The van der Waals surface area contributed by atoms with Gasteiger partial charge in [-0.3, -0.25) is 0 Å². The van der Waals surface area contributed by atoms with Crippen LogP contribution < -0.4 is 4.74 Å². The lowest BCUT2D eigenvalue weighted by molar-refractivity contribution is 0.379. The zero-order valence-electron chi connectivity index (χ0n) is 8.31. The van der Waals surface area contributed by atoms with Gasteiger partial charge in [0.05, 0.1) is 12.5 Å². The maximum absolute atomic E-state index is 13.6. The standard InChI is InChI=1S/C12H10BrFO/c1-3-12(4-5-12)9-6-8(13)7-10(14)11(9)15-2/h1,6-7H,4-5H2,2H3. The van der Waals surface area contributed by atoms with E-state index >= 15 is 0 Å². The molecule has 0 bridgehead atoms. The van der Waals surface area contributed by atoms with Gasteiger partial charge in [0.15, 0.2) is 11.6 Å². The van der Waals surface area contributed by atoms with E-state index in [1.807, 2.05) is 6.07 Å². The SMILES string of the molecule is C#CC1(c2cc(Br)cc(F)c2OC)CC1. The molecule has 0 radical (unpaired) electrons. The Bertz CT molecular complexity index is 444. The molecule has 1 aromatic carbocycles. The third-order valence-corrected chi connectivity index (χ3v) is 3.21. The Morgan fingerprint density at radius 1 is 1.53 bits per heavy atom. The highest BCUT2D eigenvalue weighted by molar-refractivity contribution is 9.10. The van der Waals surface area contributed by atoms with E-state index in [1.165, 1.54) is 13.2 Å². The van der Waals surface area contributed by atoms with Crippen LogP contribution in [0.3, 0.4) is 0 Å². The Morgan fingerprint density at radius 3 is 2.67 bits per heavy atom. The molecule has 0 atom stereocenters. The summed E-state index contributed by atoms with van der Waals surface area (Å²) in [6.45, 7) is 0. The highest BCUT2D eigenvalue weighted by Crippen LogP contribution is 2.51. The van der Waals surface area contributed by atoms with E-state index in [1.54, 1.807) is 0 Å². The average Bonchev–Trinajstić information content (AvgIpc) is 2.97. The number of ether oxygens (including phenoxy) is 1. The van der Waals surface area contributed by atoms with Crippen molar-refractivity contribution in [2.75, 3.05) is 7.11 Å². The lowest BCUT2D eigenvalue weighted by Crippen LogP contribution is -2.07. The Labute approximate surface area is 96.8 Å². The minimum Gasteiger partial charge on any atom is -0.493 e. The van der Waals surface area contributed by atoms with Crippen LogP contribution in [0, 0.1) is 18.2 Å². The minimum atomic E-state index is -0.372. The lowest BCUT2D eigenvalue weighted by Gasteiger charge is -2.14. The van der Waals surface area contributed by atoms with Crippen LogP contribution in [0.4, 0.5) is 4.39 Å². The van der Waals surface area contributed by atoms with Gasteiger partial charge in [-0.2, -0.15) is 0 Å². The summed E-state index contributed by atoms with van der Waals surface area (Å²) in [6.07, 6.45) is 7.28. The van der Waals surface area contributed by atoms with Crippen molar-refractivity contribution >= 4 is 15.9 Å². The first-order chi connectivity index (χ1) is 7.13. The van der Waals surface area contributed by atoms with E-state index in [0.717, 1.165) is 18.4 Å². The molecule has 0 aliphatic heterocycles. The van der Waals surface area contributed by atoms with Crippen molar-refractivity contribution in [1.82, 2.24) is 0 Å². The number of benzene rings is 1. The molecule has 1 fully saturated rings. The van der Waals surface area contributed by atoms with Gasteiger partial charge in [0.25, 0.3) is 0 Å². The summed E-state index contributed by atoms with van der Waals surface area (Å²) in [5.41, 5.74) is 0.468. The topological polar surface area (TPSA) is 9.23 Å². The van der Waals surface area contributed by atoms with Crippen LogP contribution >= 0.6 is 15.9 Å². The van der Waals surface area contributed by atoms with E-state index in [9.17, 15) is 4.39 Å². The number of methoxy groups -OCH3 is 1. The van der Waals surface area contributed by atoms with E-state index in [4.69, 9.17) is 11.2 Å². The molecule has 2 rings (SSSR count). The third kappa shape index (κ3) is 1.63. The molecule has 1 aliphatic rings. The first kappa shape index (κ1) is 10.5. The van der Waals surface area contributed by atoms with Gasteiger partial charge < -0.3 is 4.74 Å². The molecule has 3 heteroatoms. The van der Waals surface area contributed by atoms with Crippen LogP contribution in [0.15, 0.2) is 16.6 Å². The molecule has 0 saturated heterocycles. The highest BCUT2D eigenvalue weighted by atomic mass is 79.9. The normalized spacial score (nSPS) is 16.9. The molecule has 78 valence electrons. The van der Waals surface area contributed by atoms with Gasteiger partial charge >= 0.3 is 0 Å². The summed E-state index contributed by atoms with van der Waals surface area (Å²) in [5.74, 6) is 2.63. The second kappa shape index (κ2) is 3.53.